The summed E-state index contributed by atoms with van der Waals surface area (Å²) in [4.78, 5) is 0. The quantitative estimate of drug-likeness (QED) is 0.768. The van der Waals surface area contributed by atoms with E-state index in [-0.39, 0.29) is 0 Å². The fraction of sp³-hybridized carbons (Fsp3) is 0.588. The predicted molar refractivity (Wildman–Crippen MR) is 84.9 cm³/mol. The zero-order valence-corrected chi connectivity index (χ0v) is 12.8. The summed E-state index contributed by atoms with van der Waals surface area (Å²) >= 11 is 0. The van der Waals surface area contributed by atoms with E-state index >= 15 is 0 Å². The molecule has 1 fully saturated rings. The summed E-state index contributed by atoms with van der Waals surface area (Å²) in [5, 5.41) is 5.65. The Labute approximate surface area is 122 Å². The molecule has 2 aliphatic rings. The van der Waals surface area contributed by atoms with Gasteiger partial charge in [0.15, 0.2) is 0 Å². The number of nitrogens with one attached hydrogen (secondary N) is 1. The molecular weight excluding hydrogens is 246 g/mol. The Kier molecular flexibility index (Phi) is 5.18. The Bertz CT molecular complexity index is 434. The van der Waals surface area contributed by atoms with E-state index in [1.807, 2.05) is 6.21 Å². The van der Waals surface area contributed by atoms with Crippen LogP contribution in [0.1, 0.15) is 46.0 Å². The molecule has 110 valence electrons. The zero-order valence-electron chi connectivity index (χ0n) is 12.8. The molecule has 3 heteroatoms. The van der Waals surface area contributed by atoms with Crippen LogP contribution >= 0.6 is 0 Å². The van der Waals surface area contributed by atoms with Gasteiger partial charge in [0.2, 0.25) is 0 Å². The second-order valence-corrected chi connectivity index (χ2v) is 6.19. The smallest absolute Gasteiger partial charge is 0.143 e. The highest BCUT2D eigenvalue weighted by Gasteiger charge is 2.34. The van der Waals surface area contributed by atoms with Gasteiger partial charge in [-0.1, -0.05) is 25.5 Å². The first-order chi connectivity index (χ1) is 9.61. The molecule has 1 saturated carbocycles. The highest BCUT2D eigenvalue weighted by Crippen LogP contribution is 2.39. The lowest BCUT2D eigenvalue weighted by Gasteiger charge is -2.21. The van der Waals surface area contributed by atoms with Crippen molar-refractivity contribution >= 4 is 6.21 Å². The van der Waals surface area contributed by atoms with Gasteiger partial charge in [-0.15, -0.1) is 0 Å². The maximum absolute atomic E-state index is 5.75. The zero-order chi connectivity index (χ0) is 14.5. The maximum Gasteiger partial charge on any atom is 0.143 e. The molecule has 0 aromatic carbocycles. The second-order valence-electron chi connectivity index (χ2n) is 6.19. The summed E-state index contributed by atoms with van der Waals surface area (Å²) in [6, 6.07) is 0. The van der Waals surface area contributed by atoms with Crippen molar-refractivity contribution in [2.24, 2.45) is 28.6 Å². The monoisotopic (exact) mass is 274 g/mol. The molecule has 0 aromatic heterocycles. The first-order valence-corrected chi connectivity index (χ1v) is 7.83. The highest BCUT2D eigenvalue weighted by molar-refractivity contribution is 5.72. The summed E-state index contributed by atoms with van der Waals surface area (Å²) in [6.07, 6.45) is 14.4. The summed E-state index contributed by atoms with van der Waals surface area (Å²) in [7, 11) is 0. The van der Waals surface area contributed by atoms with E-state index in [0.717, 1.165) is 35.4 Å². The van der Waals surface area contributed by atoms with Crippen molar-refractivity contribution in [3.8, 4) is 0 Å². The first kappa shape index (κ1) is 15.0. The van der Waals surface area contributed by atoms with Crippen LogP contribution in [0.15, 0.2) is 41.4 Å². The molecule has 0 radical (unpaired) electrons. The van der Waals surface area contributed by atoms with Gasteiger partial charge < -0.3 is 5.73 Å². The van der Waals surface area contributed by atoms with Crippen molar-refractivity contribution in [2.75, 3.05) is 0 Å². The van der Waals surface area contributed by atoms with Crippen LogP contribution in [0.2, 0.25) is 0 Å². The molecule has 4 atom stereocenters. The van der Waals surface area contributed by atoms with E-state index in [9.17, 15) is 0 Å². The molecule has 0 aromatic rings. The molecule has 1 aliphatic heterocycles. The summed E-state index contributed by atoms with van der Waals surface area (Å²) in [5.41, 5.74) is 8.00. The number of hydrogen-bond donors (Lipinski definition) is 2. The van der Waals surface area contributed by atoms with E-state index in [4.69, 9.17) is 5.73 Å². The minimum atomic E-state index is 0.588. The lowest BCUT2D eigenvalue weighted by Crippen LogP contribution is -3.00. The van der Waals surface area contributed by atoms with Gasteiger partial charge in [-0.2, -0.15) is 5.01 Å². The van der Waals surface area contributed by atoms with E-state index in [0.29, 0.717) is 5.92 Å². The van der Waals surface area contributed by atoms with Crippen molar-refractivity contribution in [1.82, 2.24) is 0 Å². The highest BCUT2D eigenvalue weighted by atomic mass is 15.5. The van der Waals surface area contributed by atoms with Crippen molar-refractivity contribution in [3.05, 3.63) is 36.3 Å². The molecule has 3 N–H and O–H groups in total. The third-order valence-electron chi connectivity index (χ3n) is 4.61. The molecule has 2 rings (SSSR count). The molecule has 0 spiro atoms. The van der Waals surface area contributed by atoms with Gasteiger partial charge in [-0.3, -0.25) is 0 Å². The average Bonchev–Trinajstić information content (AvgIpc) is 3.03. The van der Waals surface area contributed by atoms with E-state index in [1.54, 1.807) is 0 Å². The van der Waals surface area contributed by atoms with Crippen molar-refractivity contribution in [2.45, 2.75) is 46.0 Å². The molecule has 0 saturated heterocycles. The van der Waals surface area contributed by atoms with Crippen LogP contribution in [-0.4, -0.2) is 6.21 Å². The molecule has 0 amide bonds. The molecular formula is C17H28N3+. The number of allylic oxidation sites excluding steroid dienone is 4. The van der Waals surface area contributed by atoms with E-state index < -0.39 is 0 Å². The van der Waals surface area contributed by atoms with Gasteiger partial charge in [0, 0.05) is 17.7 Å². The van der Waals surface area contributed by atoms with Crippen LogP contribution in [0.3, 0.4) is 0 Å². The minimum Gasteiger partial charge on any atom is -0.403 e. The molecule has 20 heavy (non-hydrogen) atoms. The summed E-state index contributed by atoms with van der Waals surface area (Å²) < 4.78 is 0. The van der Waals surface area contributed by atoms with Crippen molar-refractivity contribution < 1.29 is 5.01 Å². The SMILES string of the molecule is C=C(N)CC1CC[C@H]([C@@H](C)C2=CC=N[NH+]2/C=C\CC)C1. The molecule has 2 unspecified atom stereocenters. The van der Waals surface area contributed by atoms with Crippen LogP contribution in [0.4, 0.5) is 0 Å². The van der Waals surface area contributed by atoms with Crippen molar-refractivity contribution in [1.29, 1.82) is 0 Å². The van der Waals surface area contributed by atoms with Crippen LogP contribution in [0, 0.1) is 17.8 Å². The number of hydrogen-bond acceptors (Lipinski definition) is 2. The summed E-state index contributed by atoms with van der Waals surface area (Å²) in [6.45, 7) is 8.35. The molecule has 3 nitrogen and oxygen atoms in total. The molecule has 1 aliphatic carbocycles. The standard InChI is InChI=1S/C17H27N3/c1-4-5-10-20-17(8-9-19-20)14(3)16-7-6-15(12-16)11-13(2)18/h5,8-10,14-16H,2,4,6-7,11-12,18H2,1,3H3/p+1/b10-5-/t14-,15?,16+/m1/s1. The molecule has 1 heterocycles. The first-order valence-electron chi connectivity index (χ1n) is 7.83. The van der Waals surface area contributed by atoms with Gasteiger partial charge in [0.05, 0.1) is 6.21 Å². The number of nitrogens with zero attached hydrogens (tertiary/aromatic N) is 1. The topological polar surface area (TPSA) is 42.8 Å². The van der Waals surface area contributed by atoms with Gasteiger partial charge >= 0.3 is 0 Å². The lowest BCUT2D eigenvalue weighted by molar-refractivity contribution is -0.813. The van der Waals surface area contributed by atoms with Gasteiger partial charge in [0.25, 0.3) is 0 Å². The largest absolute Gasteiger partial charge is 0.403 e. The maximum atomic E-state index is 5.75. The summed E-state index contributed by atoms with van der Waals surface area (Å²) in [5.74, 6) is 2.08. The Balaban J connectivity index is 1.93. The van der Waals surface area contributed by atoms with Gasteiger partial charge in [0.1, 0.15) is 11.9 Å². The lowest BCUT2D eigenvalue weighted by atomic mass is 9.88. The van der Waals surface area contributed by atoms with E-state index in [2.05, 4.69) is 43.9 Å². The van der Waals surface area contributed by atoms with Crippen LogP contribution < -0.4 is 10.7 Å². The Morgan fingerprint density at radius 1 is 1.60 bits per heavy atom. The number of nitrogens with two attached hydrogens (primary N) is 1. The average molecular weight is 274 g/mol. The van der Waals surface area contributed by atoms with Crippen LogP contribution in [-0.2, 0) is 0 Å². The Morgan fingerprint density at radius 2 is 2.40 bits per heavy atom. The Morgan fingerprint density at radius 3 is 3.10 bits per heavy atom. The Hall–Kier alpha value is -1.35. The van der Waals surface area contributed by atoms with Crippen LogP contribution in [0.25, 0.3) is 0 Å². The van der Waals surface area contributed by atoms with Gasteiger partial charge in [-0.05, 0) is 50.0 Å². The van der Waals surface area contributed by atoms with E-state index in [1.165, 1.54) is 25.0 Å². The third-order valence-corrected chi connectivity index (χ3v) is 4.61. The predicted octanol–water partition coefficient (Wildman–Crippen LogP) is 2.59. The normalized spacial score (nSPS) is 30.9. The fourth-order valence-corrected chi connectivity index (χ4v) is 3.49. The number of quaternary nitrogens is 1. The number of rotatable bonds is 6. The van der Waals surface area contributed by atoms with Crippen molar-refractivity contribution in [3.63, 3.8) is 0 Å². The fourth-order valence-electron chi connectivity index (χ4n) is 3.49. The van der Waals surface area contributed by atoms with Gasteiger partial charge in [-0.25, -0.2) is 0 Å². The minimum absolute atomic E-state index is 0.588. The second kappa shape index (κ2) is 6.89. The van der Waals surface area contributed by atoms with Crippen LogP contribution in [0.5, 0.6) is 0 Å². The third kappa shape index (κ3) is 3.60. The molecule has 0 bridgehead atoms.